The van der Waals surface area contributed by atoms with Crippen molar-refractivity contribution in [3.63, 3.8) is 0 Å². The minimum Gasteiger partial charge on any atom is -0.465 e. The van der Waals surface area contributed by atoms with Gasteiger partial charge in [0.1, 0.15) is 16.9 Å². The van der Waals surface area contributed by atoms with Crippen molar-refractivity contribution in [1.82, 2.24) is 20.5 Å². The first-order chi connectivity index (χ1) is 13.0. The van der Waals surface area contributed by atoms with Crippen molar-refractivity contribution in [3.05, 3.63) is 59.4 Å². The van der Waals surface area contributed by atoms with Crippen molar-refractivity contribution in [1.29, 1.82) is 0 Å². The van der Waals surface area contributed by atoms with Crippen LogP contribution in [0.25, 0.3) is 11.0 Å². The second-order valence-electron chi connectivity index (χ2n) is 5.75. The third kappa shape index (κ3) is 4.20. The van der Waals surface area contributed by atoms with Crippen molar-refractivity contribution in [2.24, 2.45) is 0 Å². The monoisotopic (exact) mass is 372 g/mol. The molecule has 27 heavy (non-hydrogen) atoms. The zero-order valence-electron chi connectivity index (χ0n) is 14.7. The predicted molar refractivity (Wildman–Crippen MR) is 93.2 cm³/mol. The molecular weight excluding hydrogens is 355 g/mol. The molecule has 0 spiro atoms. The van der Waals surface area contributed by atoms with E-state index >= 15 is 0 Å². The highest BCUT2D eigenvalue weighted by molar-refractivity contribution is 5.93. The number of ether oxygens (including phenoxy) is 1. The minimum atomic E-state index is -0.878. The Morgan fingerprint density at radius 2 is 1.96 bits per heavy atom. The Hall–Kier alpha value is -3.49. The molecule has 0 aliphatic rings. The summed E-state index contributed by atoms with van der Waals surface area (Å²) in [4.78, 5) is 30.5. The number of halogens is 1. The number of aromatic nitrogens is 3. The molecule has 0 saturated carbocycles. The Morgan fingerprint density at radius 3 is 2.67 bits per heavy atom. The lowest BCUT2D eigenvalue weighted by Gasteiger charge is -2.14. The van der Waals surface area contributed by atoms with Gasteiger partial charge in [0.15, 0.2) is 0 Å². The summed E-state index contributed by atoms with van der Waals surface area (Å²) in [5.41, 5.74) is 1.99. The second-order valence-corrected chi connectivity index (χ2v) is 5.75. The van der Waals surface area contributed by atoms with Gasteiger partial charge in [-0.3, -0.25) is 4.79 Å². The van der Waals surface area contributed by atoms with Crippen LogP contribution >= 0.6 is 0 Å². The van der Waals surface area contributed by atoms with E-state index in [2.05, 4.69) is 20.4 Å². The number of fused-ring (bicyclic) bond motifs is 1. The first kappa shape index (κ1) is 18.3. The number of hydrogen-bond donors (Lipinski definition) is 1. The third-order valence-corrected chi connectivity index (χ3v) is 3.84. The molecule has 1 aromatic heterocycles. The maximum absolute atomic E-state index is 12.9. The van der Waals surface area contributed by atoms with E-state index in [1.807, 2.05) is 0 Å². The smallest absolute Gasteiger partial charge is 0.337 e. The molecule has 1 N–H and O–H groups in total. The third-order valence-electron chi connectivity index (χ3n) is 3.84. The summed E-state index contributed by atoms with van der Waals surface area (Å²) in [6, 6.07) is 10.5. The Kier molecular flexibility index (Phi) is 5.30. The van der Waals surface area contributed by atoms with Crippen LogP contribution < -0.4 is 10.2 Å². The molecular formula is C18H17FN4O4. The van der Waals surface area contributed by atoms with Crippen molar-refractivity contribution >= 4 is 22.9 Å². The van der Waals surface area contributed by atoms with Gasteiger partial charge in [0.25, 0.3) is 5.91 Å². The zero-order valence-corrected chi connectivity index (χ0v) is 14.7. The molecule has 8 nitrogen and oxygen atoms in total. The number of amides is 1. The van der Waals surface area contributed by atoms with Crippen molar-refractivity contribution in [3.8, 4) is 0 Å². The molecule has 0 radical (unpaired) electrons. The highest BCUT2D eigenvalue weighted by Gasteiger charge is 2.18. The summed E-state index contributed by atoms with van der Waals surface area (Å²) in [6.07, 6.45) is -0.878. The lowest BCUT2D eigenvalue weighted by molar-refractivity contribution is -0.133. The van der Waals surface area contributed by atoms with E-state index in [9.17, 15) is 14.0 Å². The van der Waals surface area contributed by atoms with E-state index in [4.69, 9.17) is 4.84 Å². The maximum Gasteiger partial charge on any atom is 0.337 e. The van der Waals surface area contributed by atoms with Gasteiger partial charge in [-0.15, -0.1) is 5.10 Å². The topological polar surface area (TPSA) is 95.3 Å². The molecule has 3 aromatic rings. The molecule has 0 fully saturated rings. The van der Waals surface area contributed by atoms with Gasteiger partial charge in [-0.2, -0.15) is 0 Å². The first-order valence-corrected chi connectivity index (χ1v) is 8.11. The van der Waals surface area contributed by atoms with Crippen LogP contribution in [-0.2, 0) is 16.1 Å². The maximum atomic E-state index is 12.9. The van der Waals surface area contributed by atoms with Crippen LogP contribution in [0.2, 0.25) is 0 Å². The van der Waals surface area contributed by atoms with Gasteiger partial charge in [-0.1, -0.05) is 17.0 Å². The van der Waals surface area contributed by atoms with Gasteiger partial charge in [0, 0.05) is 6.54 Å². The van der Waals surface area contributed by atoms with E-state index in [0.717, 1.165) is 10.4 Å². The molecule has 0 aliphatic heterocycles. The summed E-state index contributed by atoms with van der Waals surface area (Å²) < 4.78 is 17.6. The lowest BCUT2D eigenvalue weighted by atomic mass is 10.2. The molecule has 1 amide bonds. The standard InChI is InChI=1S/C18H17FN4O4/c1-11(17(24)20-10-12-3-6-14(19)7-4-12)27-23-16-9-13(18(25)26-2)5-8-15(16)21-22-23/h3-9,11H,10H2,1-2H3,(H,20,24)/t11-/m1/s1. The van der Waals surface area contributed by atoms with Crippen molar-refractivity contribution < 1.29 is 23.6 Å². The number of nitrogens with one attached hydrogen (secondary N) is 1. The fourth-order valence-electron chi connectivity index (χ4n) is 2.35. The van der Waals surface area contributed by atoms with Gasteiger partial charge in [-0.05, 0) is 48.0 Å². The minimum absolute atomic E-state index is 0.234. The molecule has 2 aromatic carbocycles. The summed E-state index contributed by atoms with van der Waals surface area (Å²) in [7, 11) is 1.28. The fraction of sp³-hybridized carbons (Fsp3) is 0.222. The number of carbonyl (C=O) groups is 2. The highest BCUT2D eigenvalue weighted by atomic mass is 19.1. The van der Waals surface area contributed by atoms with Crippen LogP contribution in [0.5, 0.6) is 0 Å². The Balaban J connectivity index is 1.67. The molecule has 0 saturated heterocycles. The van der Waals surface area contributed by atoms with Crippen LogP contribution in [-0.4, -0.2) is 40.2 Å². The molecule has 0 bridgehead atoms. The summed E-state index contributed by atoms with van der Waals surface area (Å²) >= 11 is 0. The lowest BCUT2D eigenvalue weighted by Crippen LogP contribution is -2.39. The van der Waals surface area contributed by atoms with Crippen molar-refractivity contribution in [2.45, 2.75) is 19.6 Å². The molecule has 0 unspecified atom stereocenters. The Morgan fingerprint density at radius 1 is 1.22 bits per heavy atom. The summed E-state index contributed by atoms with van der Waals surface area (Å²) in [5.74, 6) is -1.23. The first-order valence-electron chi connectivity index (χ1n) is 8.11. The molecule has 3 rings (SSSR count). The molecule has 1 heterocycles. The Labute approximate surface area is 153 Å². The summed E-state index contributed by atoms with van der Waals surface area (Å²) in [5, 5.41) is 10.5. The number of methoxy groups -OCH3 is 1. The van der Waals surface area contributed by atoms with Gasteiger partial charge >= 0.3 is 5.97 Å². The normalized spacial score (nSPS) is 11.8. The number of nitrogens with zero attached hydrogens (tertiary/aromatic N) is 3. The average Bonchev–Trinajstić information content (AvgIpc) is 3.08. The summed E-state index contributed by atoms with van der Waals surface area (Å²) in [6.45, 7) is 1.79. The number of benzene rings is 2. The number of carbonyl (C=O) groups excluding carboxylic acids is 2. The molecule has 0 aliphatic carbocycles. The Bertz CT molecular complexity index is 971. The van der Waals surface area contributed by atoms with Crippen LogP contribution in [0.1, 0.15) is 22.8 Å². The highest BCUT2D eigenvalue weighted by Crippen LogP contribution is 2.14. The van der Waals surface area contributed by atoms with E-state index in [1.54, 1.807) is 31.2 Å². The quantitative estimate of drug-likeness (QED) is 0.659. The van der Waals surface area contributed by atoms with E-state index in [0.29, 0.717) is 16.6 Å². The van der Waals surface area contributed by atoms with E-state index in [1.165, 1.54) is 25.3 Å². The van der Waals surface area contributed by atoms with E-state index in [-0.39, 0.29) is 18.3 Å². The zero-order chi connectivity index (χ0) is 19.4. The van der Waals surface area contributed by atoms with Gasteiger partial charge < -0.3 is 14.9 Å². The number of hydrogen-bond acceptors (Lipinski definition) is 6. The van der Waals surface area contributed by atoms with Crippen LogP contribution in [0.15, 0.2) is 42.5 Å². The fourth-order valence-corrected chi connectivity index (χ4v) is 2.35. The molecule has 9 heteroatoms. The molecule has 1 atom stereocenters. The van der Waals surface area contributed by atoms with Crippen molar-refractivity contribution in [2.75, 3.05) is 7.11 Å². The largest absolute Gasteiger partial charge is 0.465 e. The molecule has 140 valence electrons. The van der Waals surface area contributed by atoms with Crippen LogP contribution in [0, 0.1) is 5.82 Å². The van der Waals surface area contributed by atoms with Crippen LogP contribution in [0.4, 0.5) is 4.39 Å². The average molecular weight is 372 g/mol. The number of esters is 1. The van der Waals surface area contributed by atoms with E-state index < -0.39 is 12.1 Å². The van der Waals surface area contributed by atoms with Gasteiger partial charge in [0.05, 0.1) is 12.7 Å². The van der Waals surface area contributed by atoms with Crippen LogP contribution in [0.3, 0.4) is 0 Å². The van der Waals surface area contributed by atoms with Gasteiger partial charge in [0.2, 0.25) is 6.10 Å². The SMILES string of the molecule is COC(=O)c1ccc2nnn(O[C@H](C)C(=O)NCc3ccc(F)cc3)c2c1. The van der Waals surface area contributed by atoms with Gasteiger partial charge in [-0.25, -0.2) is 9.18 Å². The predicted octanol–water partition coefficient (Wildman–Crippen LogP) is 1.49. The second kappa shape index (κ2) is 7.81. The number of rotatable bonds is 6.